The second-order valence-corrected chi connectivity index (χ2v) is 11.9. The number of benzene rings is 1. The van der Waals surface area contributed by atoms with E-state index < -0.39 is 21.8 Å². The third-order valence-corrected chi connectivity index (χ3v) is 9.02. The summed E-state index contributed by atoms with van der Waals surface area (Å²) in [6, 6.07) is 3.71. The molecule has 1 aromatic carbocycles. The van der Waals surface area contributed by atoms with E-state index in [1.807, 2.05) is 0 Å². The summed E-state index contributed by atoms with van der Waals surface area (Å²) in [5.41, 5.74) is -0.850. The average molecular weight is 505 g/mol. The summed E-state index contributed by atoms with van der Waals surface area (Å²) in [5, 5.41) is 0. The summed E-state index contributed by atoms with van der Waals surface area (Å²) in [4.78, 5) is 2.45. The van der Waals surface area contributed by atoms with Crippen LogP contribution < -0.4 is 0 Å². The summed E-state index contributed by atoms with van der Waals surface area (Å²) in [6.07, 6.45) is 5.75. The lowest BCUT2D eigenvalue weighted by Crippen LogP contribution is -2.34. The lowest BCUT2D eigenvalue weighted by molar-refractivity contribution is -0.137. The van der Waals surface area contributed by atoms with Gasteiger partial charge in [0.15, 0.2) is 0 Å². The number of sulfonamides is 1. The molecular weight excluding hydrogens is 465 g/mol. The molecule has 0 atom stereocenters. The maximum Gasteiger partial charge on any atom is 0.416 e. The highest BCUT2D eigenvalue weighted by Gasteiger charge is 2.32. The largest absolute Gasteiger partial charge is 0.416 e. The molecule has 3 rings (SSSR count). The van der Waals surface area contributed by atoms with Gasteiger partial charge in [-0.05, 0) is 107 Å². The fraction of sp³-hybridized carbons (Fsp3) is 0.760. The van der Waals surface area contributed by atoms with Crippen LogP contribution in [0, 0.1) is 11.8 Å². The number of ether oxygens (including phenoxy) is 1. The second-order valence-electron chi connectivity index (χ2n) is 9.88. The minimum Gasteiger partial charge on any atom is -0.381 e. The quantitative estimate of drug-likeness (QED) is 0.378. The molecule has 2 aliphatic rings. The van der Waals surface area contributed by atoms with Gasteiger partial charge < -0.3 is 9.64 Å². The molecule has 0 N–H and O–H groups in total. The molecule has 5 nitrogen and oxygen atoms in total. The molecule has 1 aromatic rings. The third kappa shape index (κ3) is 8.21. The molecule has 0 amide bonds. The van der Waals surface area contributed by atoms with E-state index in [2.05, 4.69) is 4.90 Å². The van der Waals surface area contributed by atoms with Crippen molar-refractivity contribution in [3.05, 3.63) is 29.8 Å². The van der Waals surface area contributed by atoms with E-state index in [4.69, 9.17) is 4.74 Å². The molecular formula is C25H39F3N2O3S. The fourth-order valence-corrected chi connectivity index (χ4v) is 6.26. The van der Waals surface area contributed by atoms with Crippen LogP contribution in [0.3, 0.4) is 0 Å². The molecule has 0 unspecified atom stereocenters. The maximum atomic E-state index is 12.8. The molecule has 194 valence electrons. The Hall–Kier alpha value is -1.16. The Labute approximate surface area is 202 Å². The molecule has 1 heterocycles. The van der Waals surface area contributed by atoms with Crippen molar-refractivity contribution in [1.29, 1.82) is 0 Å². The predicted octanol–water partition coefficient (Wildman–Crippen LogP) is 5.42. The van der Waals surface area contributed by atoms with E-state index in [1.54, 1.807) is 0 Å². The smallest absolute Gasteiger partial charge is 0.381 e. The Morgan fingerprint density at radius 2 is 1.59 bits per heavy atom. The van der Waals surface area contributed by atoms with Crippen molar-refractivity contribution in [3.8, 4) is 0 Å². The second kappa shape index (κ2) is 12.7. The van der Waals surface area contributed by atoms with Crippen LogP contribution in [-0.4, -0.2) is 64.1 Å². The molecule has 0 spiro atoms. The van der Waals surface area contributed by atoms with Crippen LogP contribution in [0.4, 0.5) is 13.2 Å². The Balaban J connectivity index is 1.32. The fourth-order valence-electron chi connectivity index (χ4n) is 5.01. The summed E-state index contributed by atoms with van der Waals surface area (Å²) < 4.78 is 71.0. The Morgan fingerprint density at radius 1 is 0.971 bits per heavy atom. The van der Waals surface area contributed by atoms with Crippen LogP contribution in [0.15, 0.2) is 29.2 Å². The standard InChI is InChI=1S/C25H39F3N2O3S/c1-29(34(31,32)24-13-11-23(12-14-24)25(26,27)28)19-21-7-9-22(10-8-21)20-33-18-6-5-17-30-15-3-2-4-16-30/h11-14,21-22H,2-10,15-20H2,1H3/t21-,22-. The van der Waals surface area contributed by atoms with Crippen molar-refractivity contribution in [3.63, 3.8) is 0 Å². The molecule has 1 aliphatic heterocycles. The lowest BCUT2D eigenvalue weighted by Gasteiger charge is -2.31. The van der Waals surface area contributed by atoms with Crippen molar-refractivity contribution in [1.82, 2.24) is 9.21 Å². The van der Waals surface area contributed by atoms with E-state index in [0.29, 0.717) is 12.5 Å². The van der Waals surface area contributed by atoms with Gasteiger partial charge in [0.05, 0.1) is 10.5 Å². The third-order valence-electron chi connectivity index (χ3n) is 7.19. The number of halogens is 3. The first-order valence-corrected chi connectivity index (χ1v) is 14.0. The highest BCUT2D eigenvalue weighted by molar-refractivity contribution is 7.89. The minimum absolute atomic E-state index is 0.106. The number of likely N-dealkylation sites (tertiary alicyclic amines) is 1. The molecule has 1 saturated heterocycles. The lowest BCUT2D eigenvalue weighted by atomic mass is 9.82. The average Bonchev–Trinajstić information content (AvgIpc) is 2.82. The van der Waals surface area contributed by atoms with Crippen molar-refractivity contribution < 1.29 is 26.3 Å². The van der Waals surface area contributed by atoms with Crippen molar-refractivity contribution >= 4 is 10.0 Å². The van der Waals surface area contributed by atoms with Crippen molar-refractivity contribution in [2.45, 2.75) is 68.9 Å². The number of hydrogen-bond acceptors (Lipinski definition) is 4. The van der Waals surface area contributed by atoms with Crippen LogP contribution in [0.5, 0.6) is 0 Å². The van der Waals surface area contributed by atoms with E-state index >= 15 is 0 Å². The van der Waals surface area contributed by atoms with Crippen LogP contribution >= 0.6 is 0 Å². The van der Waals surface area contributed by atoms with Crippen LogP contribution in [-0.2, 0) is 20.9 Å². The van der Waals surface area contributed by atoms with Crippen molar-refractivity contribution in [2.75, 3.05) is 46.4 Å². The molecule has 34 heavy (non-hydrogen) atoms. The molecule has 9 heteroatoms. The zero-order valence-electron chi connectivity index (χ0n) is 20.2. The van der Waals surface area contributed by atoms with Gasteiger partial charge in [0.25, 0.3) is 0 Å². The van der Waals surface area contributed by atoms with Gasteiger partial charge in [-0.15, -0.1) is 0 Å². The van der Waals surface area contributed by atoms with Crippen LogP contribution in [0.1, 0.15) is 63.4 Å². The monoisotopic (exact) mass is 504 g/mol. The summed E-state index contributed by atoms with van der Waals surface area (Å²) in [6.45, 7) is 5.62. The van der Waals surface area contributed by atoms with E-state index in [9.17, 15) is 21.6 Å². The number of alkyl halides is 3. The van der Waals surface area contributed by atoms with E-state index in [-0.39, 0.29) is 10.8 Å². The number of hydrogen-bond donors (Lipinski definition) is 0. The first-order valence-electron chi connectivity index (χ1n) is 12.6. The number of piperidine rings is 1. The Morgan fingerprint density at radius 3 is 2.21 bits per heavy atom. The first kappa shape index (κ1) is 27.4. The van der Waals surface area contributed by atoms with Gasteiger partial charge in [-0.25, -0.2) is 12.7 Å². The molecule has 0 radical (unpaired) electrons. The first-order chi connectivity index (χ1) is 16.2. The number of rotatable bonds is 11. The summed E-state index contributed by atoms with van der Waals surface area (Å²) >= 11 is 0. The highest BCUT2D eigenvalue weighted by Crippen LogP contribution is 2.32. The normalized spacial score (nSPS) is 22.9. The van der Waals surface area contributed by atoms with Crippen LogP contribution in [0.25, 0.3) is 0 Å². The van der Waals surface area contributed by atoms with Gasteiger partial charge in [0, 0.05) is 26.8 Å². The van der Waals surface area contributed by atoms with Gasteiger partial charge in [-0.1, -0.05) is 6.42 Å². The topological polar surface area (TPSA) is 49.9 Å². The Bertz CT molecular complexity index is 832. The predicted molar refractivity (Wildman–Crippen MR) is 127 cm³/mol. The van der Waals surface area contributed by atoms with Crippen LogP contribution in [0.2, 0.25) is 0 Å². The van der Waals surface area contributed by atoms with E-state index in [1.165, 1.54) is 56.7 Å². The van der Waals surface area contributed by atoms with Gasteiger partial charge in [-0.3, -0.25) is 0 Å². The molecule has 1 saturated carbocycles. The van der Waals surface area contributed by atoms with Gasteiger partial charge in [-0.2, -0.15) is 13.2 Å². The zero-order chi connectivity index (χ0) is 24.6. The molecule has 0 bridgehead atoms. The molecule has 0 aromatic heterocycles. The minimum atomic E-state index is -4.48. The molecule has 2 fully saturated rings. The number of nitrogens with zero attached hydrogens (tertiary/aromatic N) is 2. The van der Waals surface area contributed by atoms with Crippen molar-refractivity contribution in [2.24, 2.45) is 11.8 Å². The van der Waals surface area contributed by atoms with E-state index in [0.717, 1.165) is 69.6 Å². The SMILES string of the molecule is CN(C[C@H]1CC[C@H](COCCCCN2CCCCC2)CC1)S(=O)(=O)c1ccc(C(F)(F)F)cc1. The maximum absolute atomic E-state index is 12.8. The zero-order valence-corrected chi connectivity index (χ0v) is 21.0. The van der Waals surface area contributed by atoms with Gasteiger partial charge >= 0.3 is 6.18 Å². The molecule has 1 aliphatic carbocycles. The summed E-state index contributed by atoms with van der Waals surface area (Å²) in [5.74, 6) is 0.783. The van der Waals surface area contributed by atoms with Gasteiger partial charge in [0.2, 0.25) is 10.0 Å². The number of unbranched alkanes of at least 4 members (excludes halogenated alkanes) is 1. The Kier molecular flexibility index (Phi) is 10.2. The highest BCUT2D eigenvalue weighted by atomic mass is 32.2. The van der Waals surface area contributed by atoms with Gasteiger partial charge in [0.1, 0.15) is 0 Å². The summed E-state index contributed by atoms with van der Waals surface area (Å²) in [7, 11) is -2.30.